The summed E-state index contributed by atoms with van der Waals surface area (Å²) in [5.74, 6) is -2.11. The van der Waals surface area contributed by atoms with Crippen molar-refractivity contribution in [2.45, 2.75) is 32.7 Å². The zero-order valence-corrected chi connectivity index (χ0v) is 11.9. The van der Waals surface area contributed by atoms with Crippen LogP contribution in [-0.4, -0.2) is 25.7 Å². The van der Waals surface area contributed by atoms with Crippen molar-refractivity contribution in [2.24, 2.45) is 5.92 Å². The summed E-state index contributed by atoms with van der Waals surface area (Å²) >= 11 is 0. The number of rotatable bonds is 3. The van der Waals surface area contributed by atoms with E-state index in [9.17, 15) is 13.2 Å². The summed E-state index contributed by atoms with van der Waals surface area (Å²) in [5, 5.41) is 3.42. The minimum absolute atomic E-state index is 0.108. The molecule has 1 N–H and O–H groups in total. The molecule has 0 aromatic heterocycles. The maximum absolute atomic E-state index is 13.9. The molecule has 0 bridgehead atoms. The molecule has 1 aromatic rings. The van der Waals surface area contributed by atoms with Crippen LogP contribution in [0.4, 0.5) is 18.9 Å². The zero-order chi connectivity index (χ0) is 14.7. The van der Waals surface area contributed by atoms with Crippen LogP contribution >= 0.6 is 0 Å². The maximum atomic E-state index is 13.9. The second-order valence-corrected chi connectivity index (χ2v) is 5.46. The molecule has 5 heteroatoms. The lowest BCUT2D eigenvalue weighted by Gasteiger charge is -2.30. The lowest BCUT2D eigenvalue weighted by atomic mass is 9.99. The van der Waals surface area contributed by atoms with Crippen LogP contribution in [0.3, 0.4) is 0 Å². The van der Waals surface area contributed by atoms with Crippen molar-refractivity contribution >= 4 is 5.69 Å². The fraction of sp³-hybridized carbons (Fsp3) is 0.600. The Balaban J connectivity index is 2.26. The highest BCUT2D eigenvalue weighted by molar-refractivity contribution is 5.49. The standard InChI is InChI=1S/C15H21F3N2/c1-3-10(2)14-9-20(6-4-5-19-14)15-12(17)7-11(16)8-13(15)18/h7-8,10,14,19H,3-6,9H2,1-2H3. The van der Waals surface area contributed by atoms with Gasteiger partial charge in [-0.1, -0.05) is 20.3 Å². The number of hydrogen-bond donors (Lipinski definition) is 1. The Kier molecular flexibility index (Phi) is 4.91. The maximum Gasteiger partial charge on any atom is 0.152 e. The highest BCUT2D eigenvalue weighted by Gasteiger charge is 2.25. The van der Waals surface area contributed by atoms with Crippen LogP contribution in [0.15, 0.2) is 12.1 Å². The number of hydrogen-bond acceptors (Lipinski definition) is 2. The van der Waals surface area contributed by atoms with Gasteiger partial charge < -0.3 is 10.2 Å². The van der Waals surface area contributed by atoms with Gasteiger partial charge in [-0.05, 0) is 18.9 Å². The quantitative estimate of drug-likeness (QED) is 0.917. The van der Waals surface area contributed by atoms with Crippen LogP contribution in [0.1, 0.15) is 26.7 Å². The summed E-state index contributed by atoms with van der Waals surface area (Å²) in [5.41, 5.74) is -0.108. The third kappa shape index (κ3) is 3.26. The van der Waals surface area contributed by atoms with E-state index in [2.05, 4.69) is 19.2 Å². The van der Waals surface area contributed by atoms with E-state index in [1.54, 1.807) is 4.90 Å². The van der Waals surface area contributed by atoms with E-state index in [1.165, 1.54) is 0 Å². The first-order valence-corrected chi connectivity index (χ1v) is 7.15. The normalized spacial score (nSPS) is 21.6. The van der Waals surface area contributed by atoms with E-state index in [1.807, 2.05) is 0 Å². The van der Waals surface area contributed by atoms with Gasteiger partial charge in [-0.25, -0.2) is 13.2 Å². The first kappa shape index (κ1) is 15.2. The van der Waals surface area contributed by atoms with Crippen molar-refractivity contribution in [3.63, 3.8) is 0 Å². The van der Waals surface area contributed by atoms with Gasteiger partial charge >= 0.3 is 0 Å². The van der Waals surface area contributed by atoms with Crippen molar-refractivity contribution in [3.05, 3.63) is 29.6 Å². The van der Waals surface area contributed by atoms with Gasteiger partial charge in [0.15, 0.2) is 11.6 Å². The molecule has 1 heterocycles. The van der Waals surface area contributed by atoms with E-state index in [4.69, 9.17) is 0 Å². The summed E-state index contributed by atoms with van der Waals surface area (Å²) in [4.78, 5) is 1.70. The van der Waals surface area contributed by atoms with Gasteiger partial charge in [-0.3, -0.25) is 0 Å². The molecular weight excluding hydrogens is 265 g/mol. The number of benzene rings is 1. The molecule has 0 saturated carbocycles. The second-order valence-electron chi connectivity index (χ2n) is 5.46. The smallest absolute Gasteiger partial charge is 0.152 e. The minimum Gasteiger partial charge on any atom is -0.365 e. The predicted molar refractivity (Wildman–Crippen MR) is 74.4 cm³/mol. The summed E-state index contributed by atoms with van der Waals surface area (Å²) < 4.78 is 40.8. The van der Waals surface area contributed by atoms with Gasteiger partial charge in [0, 0.05) is 31.3 Å². The first-order chi connectivity index (χ1) is 9.52. The van der Waals surface area contributed by atoms with Crippen LogP contribution in [-0.2, 0) is 0 Å². The molecular formula is C15H21F3N2. The minimum atomic E-state index is -0.879. The Hall–Kier alpha value is -1.23. The highest BCUT2D eigenvalue weighted by atomic mass is 19.1. The fourth-order valence-corrected chi connectivity index (χ4v) is 2.66. The third-order valence-electron chi connectivity index (χ3n) is 4.06. The monoisotopic (exact) mass is 286 g/mol. The van der Waals surface area contributed by atoms with Crippen LogP contribution in [0, 0.1) is 23.4 Å². The molecule has 1 saturated heterocycles. The molecule has 2 rings (SSSR count). The molecule has 2 nitrogen and oxygen atoms in total. The first-order valence-electron chi connectivity index (χ1n) is 7.15. The Morgan fingerprint density at radius 1 is 1.30 bits per heavy atom. The van der Waals surface area contributed by atoms with Crippen LogP contribution in [0.5, 0.6) is 0 Å². The highest BCUT2D eigenvalue weighted by Crippen LogP contribution is 2.26. The molecule has 0 spiro atoms. The molecule has 1 aromatic carbocycles. The Labute approximate surface area is 118 Å². The lowest BCUT2D eigenvalue weighted by molar-refractivity contribution is 0.382. The number of nitrogens with zero attached hydrogens (tertiary/aromatic N) is 1. The summed E-state index contributed by atoms with van der Waals surface area (Å²) in [6.07, 6.45) is 1.81. The van der Waals surface area contributed by atoms with Gasteiger partial charge in [-0.15, -0.1) is 0 Å². The van der Waals surface area contributed by atoms with Crippen molar-refractivity contribution in [2.75, 3.05) is 24.5 Å². The summed E-state index contributed by atoms with van der Waals surface area (Å²) in [6, 6.07) is 1.68. The van der Waals surface area contributed by atoms with Gasteiger partial charge in [0.1, 0.15) is 11.5 Å². The molecule has 0 radical (unpaired) electrons. The summed E-state index contributed by atoms with van der Waals surface area (Å²) in [6.45, 7) is 6.16. The third-order valence-corrected chi connectivity index (χ3v) is 4.06. The van der Waals surface area contributed by atoms with E-state index in [-0.39, 0.29) is 11.7 Å². The van der Waals surface area contributed by atoms with Crippen molar-refractivity contribution in [3.8, 4) is 0 Å². The number of nitrogens with one attached hydrogen (secondary N) is 1. The largest absolute Gasteiger partial charge is 0.365 e. The van der Waals surface area contributed by atoms with Gasteiger partial charge in [0.05, 0.1) is 0 Å². The van der Waals surface area contributed by atoms with Crippen LogP contribution < -0.4 is 10.2 Å². The zero-order valence-electron chi connectivity index (χ0n) is 11.9. The van der Waals surface area contributed by atoms with Gasteiger partial charge in [-0.2, -0.15) is 0 Å². The van der Waals surface area contributed by atoms with Gasteiger partial charge in [0.25, 0.3) is 0 Å². The van der Waals surface area contributed by atoms with E-state index in [0.29, 0.717) is 19.0 Å². The number of anilines is 1. The average molecular weight is 286 g/mol. The number of halogens is 3. The summed E-state index contributed by atoms with van der Waals surface area (Å²) in [7, 11) is 0. The van der Waals surface area contributed by atoms with Crippen LogP contribution in [0.2, 0.25) is 0 Å². The van der Waals surface area contributed by atoms with E-state index >= 15 is 0 Å². The lowest BCUT2D eigenvalue weighted by Crippen LogP contribution is -2.42. The molecule has 2 atom stereocenters. The molecule has 0 amide bonds. The molecule has 1 fully saturated rings. The SMILES string of the molecule is CCC(C)C1CN(c2c(F)cc(F)cc2F)CCCN1. The van der Waals surface area contributed by atoms with Crippen molar-refractivity contribution in [1.29, 1.82) is 0 Å². The fourth-order valence-electron chi connectivity index (χ4n) is 2.66. The molecule has 20 heavy (non-hydrogen) atoms. The van der Waals surface area contributed by atoms with Gasteiger partial charge in [0.2, 0.25) is 0 Å². The molecule has 1 aliphatic rings. The molecule has 0 aliphatic carbocycles. The Morgan fingerprint density at radius 2 is 1.95 bits per heavy atom. The second kappa shape index (κ2) is 6.48. The average Bonchev–Trinajstić information content (AvgIpc) is 2.62. The molecule has 1 aliphatic heterocycles. The van der Waals surface area contributed by atoms with Crippen LogP contribution in [0.25, 0.3) is 0 Å². The predicted octanol–water partition coefficient (Wildman–Crippen LogP) is 3.32. The van der Waals surface area contributed by atoms with Crippen molar-refractivity contribution < 1.29 is 13.2 Å². The topological polar surface area (TPSA) is 15.3 Å². The van der Waals surface area contributed by atoms with Crippen molar-refractivity contribution in [1.82, 2.24) is 5.32 Å². The van der Waals surface area contributed by atoms with E-state index in [0.717, 1.165) is 31.5 Å². The van der Waals surface area contributed by atoms with E-state index < -0.39 is 17.5 Å². The Morgan fingerprint density at radius 3 is 2.55 bits per heavy atom. The Bertz CT molecular complexity index is 441. The molecule has 2 unspecified atom stereocenters. The molecule has 112 valence electrons.